The van der Waals surface area contributed by atoms with E-state index >= 15 is 0 Å². The highest BCUT2D eigenvalue weighted by Crippen LogP contribution is 2.29. The molecule has 0 aromatic carbocycles. The first-order chi connectivity index (χ1) is 7.72. The summed E-state index contributed by atoms with van der Waals surface area (Å²) in [6, 6.07) is 2.87. The van der Waals surface area contributed by atoms with E-state index in [1.807, 2.05) is 0 Å². The van der Waals surface area contributed by atoms with Gasteiger partial charge in [0.15, 0.2) is 0 Å². The minimum atomic E-state index is -0.626. The standard InChI is InChI=1S/C11H13NO4/c1-2-15-11(14)10-7(6-9(13)12-10)8-4-3-5-16-8/h3-5,7,10H,2,6H2,1H3,(H,12,13)/t7-,10+/m0/s1. The van der Waals surface area contributed by atoms with Crippen molar-refractivity contribution >= 4 is 11.9 Å². The van der Waals surface area contributed by atoms with Gasteiger partial charge >= 0.3 is 5.97 Å². The number of hydrogen-bond acceptors (Lipinski definition) is 4. The van der Waals surface area contributed by atoms with E-state index in [1.165, 1.54) is 6.26 Å². The molecule has 2 atom stereocenters. The minimum Gasteiger partial charge on any atom is -0.469 e. The van der Waals surface area contributed by atoms with Gasteiger partial charge in [0.1, 0.15) is 11.8 Å². The Bertz CT molecular complexity index is 385. The van der Waals surface area contributed by atoms with Gasteiger partial charge in [-0.3, -0.25) is 4.79 Å². The number of rotatable bonds is 3. The fraction of sp³-hybridized carbons (Fsp3) is 0.455. The highest BCUT2D eigenvalue weighted by molar-refractivity contribution is 5.90. The van der Waals surface area contributed by atoms with Crippen molar-refractivity contribution < 1.29 is 18.7 Å². The molecule has 0 aliphatic carbocycles. The van der Waals surface area contributed by atoms with Crippen LogP contribution in [-0.2, 0) is 14.3 Å². The molecule has 1 aromatic heterocycles. The number of amides is 1. The van der Waals surface area contributed by atoms with Crippen molar-refractivity contribution in [3.63, 3.8) is 0 Å². The van der Waals surface area contributed by atoms with Crippen molar-refractivity contribution in [2.45, 2.75) is 25.3 Å². The normalized spacial score (nSPS) is 24.2. The molecule has 0 radical (unpaired) electrons. The molecule has 86 valence electrons. The molecular weight excluding hydrogens is 210 g/mol. The second-order valence-corrected chi connectivity index (χ2v) is 3.62. The first-order valence-electron chi connectivity index (χ1n) is 5.21. The summed E-state index contributed by atoms with van der Waals surface area (Å²) in [5.41, 5.74) is 0. The van der Waals surface area contributed by atoms with Crippen LogP contribution in [0.4, 0.5) is 0 Å². The Hall–Kier alpha value is -1.78. The zero-order valence-corrected chi connectivity index (χ0v) is 8.93. The third kappa shape index (κ3) is 1.93. The Labute approximate surface area is 92.8 Å². The highest BCUT2D eigenvalue weighted by atomic mass is 16.5. The minimum absolute atomic E-state index is 0.153. The third-order valence-electron chi connectivity index (χ3n) is 2.57. The lowest BCUT2D eigenvalue weighted by Gasteiger charge is -2.14. The fourth-order valence-electron chi connectivity index (χ4n) is 1.87. The maximum atomic E-state index is 11.6. The lowest BCUT2D eigenvalue weighted by molar-refractivity contribution is -0.146. The van der Waals surface area contributed by atoms with Crippen LogP contribution in [0.2, 0.25) is 0 Å². The predicted molar refractivity (Wildman–Crippen MR) is 54.6 cm³/mol. The van der Waals surface area contributed by atoms with Crippen molar-refractivity contribution in [1.29, 1.82) is 0 Å². The topological polar surface area (TPSA) is 68.5 Å². The monoisotopic (exact) mass is 223 g/mol. The number of esters is 1. The Balaban J connectivity index is 2.16. The van der Waals surface area contributed by atoms with Crippen LogP contribution in [0.5, 0.6) is 0 Å². The van der Waals surface area contributed by atoms with E-state index in [4.69, 9.17) is 9.15 Å². The van der Waals surface area contributed by atoms with E-state index in [9.17, 15) is 9.59 Å². The lowest BCUT2D eigenvalue weighted by Crippen LogP contribution is -2.37. The summed E-state index contributed by atoms with van der Waals surface area (Å²) in [5, 5.41) is 2.60. The van der Waals surface area contributed by atoms with E-state index in [2.05, 4.69) is 5.32 Å². The second-order valence-electron chi connectivity index (χ2n) is 3.62. The first kappa shape index (κ1) is 10.7. The molecule has 0 spiro atoms. The summed E-state index contributed by atoms with van der Waals surface area (Å²) in [5.74, 6) is -0.188. The molecule has 1 amide bonds. The van der Waals surface area contributed by atoms with Crippen LogP contribution in [0.3, 0.4) is 0 Å². The van der Waals surface area contributed by atoms with Gasteiger partial charge in [-0.2, -0.15) is 0 Å². The summed E-state index contributed by atoms with van der Waals surface area (Å²) in [6.45, 7) is 2.03. The highest BCUT2D eigenvalue weighted by Gasteiger charge is 2.40. The zero-order valence-electron chi connectivity index (χ0n) is 8.93. The molecule has 1 fully saturated rings. The molecule has 1 aromatic rings. The molecule has 2 rings (SSSR count). The second kappa shape index (κ2) is 4.38. The molecule has 16 heavy (non-hydrogen) atoms. The molecule has 1 aliphatic rings. The summed E-state index contributed by atoms with van der Waals surface area (Å²) in [4.78, 5) is 22.9. The summed E-state index contributed by atoms with van der Waals surface area (Å²) < 4.78 is 10.1. The summed E-state index contributed by atoms with van der Waals surface area (Å²) in [7, 11) is 0. The van der Waals surface area contributed by atoms with Gasteiger partial charge < -0.3 is 14.5 Å². The van der Waals surface area contributed by atoms with E-state index in [0.29, 0.717) is 12.4 Å². The number of nitrogens with one attached hydrogen (secondary N) is 1. The van der Waals surface area contributed by atoms with Crippen LogP contribution in [0, 0.1) is 0 Å². The lowest BCUT2D eigenvalue weighted by atomic mass is 9.98. The molecule has 2 heterocycles. The van der Waals surface area contributed by atoms with Crippen molar-refractivity contribution in [2.75, 3.05) is 6.61 Å². The summed E-state index contributed by atoms with van der Waals surface area (Å²) in [6.07, 6.45) is 1.79. The van der Waals surface area contributed by atoms with E-state index in [0.717, 1.165) is 0 Å². The number of hydrogen-bond donors (Lipinski definition) is 1. The zero-order chi connectivity index (χ0) is 11.5. The predicted octanol–water partition coefficient (Wildman–Crippen LogP) is 0.815. The largest absolute Gasteiger partial charge is 0.469 e. The molecule has 5 nitrogen and oxygen atoms in total. The average Bonchev–Trinajstić information content (AvgIpc) is 2.85. The quantitative estimate of drug-likeness (QED) is 0.770. The number of furan rings is 1. The van der Waals surface area contributed by atoms with E-state index in [-0.39, 0.29) is 18.2 Å². The molecule has 0 saturated carbocycles. The van der Waals surface area contributed by atoms with Gasteiger partial charge in [0.05, 0.1) is 18.8 Å². The van der Waals surface area contributed by atoms with Crippen molar-refractivity contribution in [3.8, 4) is 0 Å². The van der Waals surface area contributed by atoms with Crippen LogP contribution in [0.25, 0.3) is 0 Å². The van der Waals surface area contributed by atoms with Gasteiger partial charge in [-0.25, -0.2) is 4.79 Å². The van der Waals surface area contributed by atoms with Crippen molar-refractivity contribution in [1.82, 2.24) is 5.32 Å². The smallest absolute Gasteiger partial charge is 0.329 e. The van der Waals surface area contributed by atoms with Crippen LogP contribution < -0.4 is 5.32 Å². The average molecular weight is 223 g/mol. The number of carbonyl (C=O) groups is 2. The van der Waals surface area contributed by atoms with E-state index in [1.54, 1.807) is 19.1 Å². The molecule has 0 bridgehead atoms. The summed E-state index contributed by atoms with van der Waals surface area (Å²) >= 11 is 0. The Morgan fingerprint density at radius 1 is 1.69 bits per heavy atom. The Morgan fingerprint density at radius 2 is 2.50 bits per heavy atom. The molecule has 1 N–H and O–H groups in total. The maximum absolute atomic E-state index is 11.6. The number of ether oxygens (including phenoxy) is 1. The Morgan fingerprint density at radius 3 is 3.12 bits per heavy atom. The van der Waals surface area contributed by atoms with E-state index < -0.39 is 12.0 Å². The van der Waals surface area contributed by atoms with Crippen LogP contribution >= 0.6 is 0 Å². The SMILES string of the molecule is CCOC(=O)[C@@H]1NC(=O)C[C@H]1c1ccco1. The van der Waals surface area contributed by atoms with Gasteiger partial charge in [-0.05, 0) is 19.1 Å². The Kier molecular flexibility index (Phi) is 2.94. The third-order valence-corrected chi connectivity index (χ3v) is 2.57. The van der Waals surface area contributed by atoms with Gasteiger partial charge in [0.25, 0.3) is 0 Å². The van der Waals surface area contributed by atoms with Crippen LogP contribution in [0.1, 0.15) is 25.0 Å². The maximum Gasteiger partial charge on any atom is 0.329 e. The molecule has 1 aliphatic heterocycles. The molecular formula is C11H13NO4. The van der Waals surface area contributed by atoms with Crippen LogP contribution in [0.15, 0.2) is 22.8 Å². The molecule has 1 saturated heterocycles. The number of carbonyl (C=O) groups excluding carboxylic acids is 2. The van der Waals surface area contributed by atoms with Crippen molar-refractivity contribution in [2.24, 2.45) is 0 Å². The van der Waals surface area contributed by atoms with Gasteiger partial charge in [-0.15, -0.1) is 0 Å². The molecule has 5 heteroatoms. The first-order valence-corrected chi connectivity index (χ1v) is 5.21. The van der Waals surface area contributed by atoms with Gasteiger partial charge in [-0.1, -0.05) is 0 Å². The van der Waals surface area contributed by atoms with Crippen molar-refractivity contribution in [3.05, 3.63) is 24.2 Å². The fourth-order valence-corrected chi connectivity index (χ4v) is 1.87. The van der Waals surface area contributed by atoms with Gasteiger partial charge in [0.2, 0.25) is 5.91 Å². The van der Waals surface area contributed by atoms with Gasteiger partial charge in [0, 0.05) is 6.42 Å². The molecule has 0 unspecified atom stereocenters. The van der Waals surface area contributed by atoms with Crippen LogP contribution in [-0.4, -0.2) is 24.5 Å².